The highest BCUT2D eigenvalue weighted by Crippen LogP contribution is 2.14. The quantitative estimate of drug-likeness (QED) is 0.752. The molecule has 20 heavy (non-hydrogen) atoms. The van der Waals surface area contributed by atoms with Crippen LogP contribution in [0.4, 0.5) is 13.2 Å². The number of alkyl halides is 3. The number of amides is 1. The first-order chi connectivity index (χ1) is 9.42. The van der Waals surface area contributed by atoms with E-state index in [4.69, 9.17) is 5.73 Å². The van der Waals surface area contributed by atoms with Crippen molar-refractivity contribution in [1.29, 1.82) is 0 Å². The van der Waals surface area contributed by atoms with Crippen molar-refractivity contribution in [1.82, 2.24) is 5.32 Å². The van der Waals surface area contributed by atoms with E-state index in [2.05, 4.69) is 10.1 Å². The van der Waals surface area contributed by atoms with Gasteiger partial charge < -0.3 is 15.8 Å². The fourth-order valence-electron chi connectivity index (χ4n) is 1.56. The van der Waals surface area contributed by atoms with Crippen LogP contribution in [0, 0.1) is 0 Å². The average Bonchev–Trinajstić information content (AvgIpc) is 2.40. The predicted octanol–water partition coefficient (Wildman–Crippen LogP) is 1.73. The second kappa shape index (κ2) is 7.86. The van der Waals surface area contributed by atoms with Crippen LogP contribution in [0.1, 0.15) is 17.5 Å². The van der Waals surface area contributed by atoms with E-state index in [0.29, 0.717) is 13.1 Å². The maximum Gasteiger partial charge on any atom is 0.411 e. The predicted molar refractivity (Wildman–Crippen MR) is 67.7 cm³/mol. The van der Waals surface area contributed by atoms with E-state index in [0.717, 1.165) is 11.1 Å². The molecule has 0 aliphatic carbocycles. The van der Waals surface area contributed by atoms with Crippen LogP contribution in [-0.4, -0.2) is 25.3 Å². The lowest BCUT2D eigenvalue weighted by Crippen LogP contribution is -2.26. The van der Waals surface area contributed by atoms with Crippen LogP contribution in [0.2, 0.25) is 0 Å². The molecule has 0 aliphatic rings. The van der Waals surface area contributed by atoms with Gasteiger partial charge in [-0.05, 0) is 11.1 Å². The second-order valence-corrected chi connectivity index (χ2v) is 4.17. The molecule has 0 heterocycles. The molecule has 0 bridgehead atoms. The largest absolute Gasteiger partial charge is 0.411 e. The van der Waals surface area contributed by atoms with E-state index in [1.165, 1.54) is 0 Å². The summed E-state index contributed by atoms with van der Waals surface area (Å²) in [5.41, 5.74) is 7.36. The molecule has 0 saturated heterocycles. The summed E-state index contributed by atoms with van der Waals surface area (Å²) in [7, 11) is 0. The fourth-order valence-corrected chi connectivity index (χ4v) is 1.56. The molecule has 7 heteroatoms. The van der Waals surface area contributed by atoms with Crippen LogP contribution in [0.3, 0.4) is 0 Å². The number of rotatable bonds is 7. The molecule has 1 rings (SSSR count). The number of carbonyl (C=O) groups excluding carboxylic acids is 1. The standard InChI is InChI=1S/C13H17F3N2O2/c14-13(15,16)9-20-6-5-12(19)18-8-11-4-2-1-3-10(11)7-17/h1-4H,5-9,17H2,(H,18,19). The van der Waals surface area contributed by atoms with E-state index in [9.17, 15) is 18.0 Å². The van der Waals surface area contributed by atoms with Crippen molar-refractivity contribution in [2.75, 3.05) is 13.2 Å². The molecule has 1 amide bonds. The number of nitrogens with one attached hydrogen (secondary N) is 1. The fraction of sp³-hybridized carbons (Fsp3) is 0.462. The van der Waals surface area contributed by atoms with Gasteiger partial charge in [0.25, 0.3) is 0 Å². The zero-order valence-electron chi connectivity index (χ0n) is 10.9. The first-order valence-corrected chi connectivity index (χ1v) is 6.10. The molecule has 3 N–H and O–H groups in total. The van der Waals surface area contributed by atoms with Crippen molar-refractivity contribution >= 4 is 5.91 Å². The van der Waals surface area contributed by atoms with Gasteiger partial charge in [0.2, 0.25) is 5.91 Å². The molecule has 0 spiro atoms. The lowest BCUT2D eigenvalue weighted by molar-refractivity contribution is -0.174. The van der Waals surface area contributed by atoms with Gasteiger partial charge in [-0.25, -0.2) is 0 Å². The van der Waals surface area contributed by atoms with Crippen LogP contribution in [-0.2, 0) is 22.6 Å². The molecule has 112 valence electrons. The average molecular weight is 290 g/mol. The van der Waals surface area contributed by atoms with E-state index in [-0.39, 0.29) is 18.9 Å². The summed E-state index contributed by atoms with van der Waals surface area (Å²) >= 11 is 0. The molecule has 0 radical (unpaired) electrons. The highest BCUT2D eigenvalue weighted by Gasteiger charge is 2.27. The molecule has 0 saturated carbocycles. The van der Waals surface area contributed by atoms with Gasteiger partial charge in [0.15, 0.2) is 0 Å². The molecule has 0 atom stereocenters. The number of halogens is 3. The zero-order chi connectivity index (χ0) is 15.0. The summed E-state index contributed by atoms with van der Waals surface area (Å²) in [6.07, 6.45) is -4.47. The Morgan fingerprint density at radius 2 is 1.90 bits per heavy atom. The molecular formula is C13H17F3N2O2. The lowest BCUT2D eigenvalue weighted by atomic mass is 10.1. The molecule has 0 fully saturated rings. The number of ether oxygens (including phenoxy) is 1. The minimum atomic E-state index is -4.36. The highest BCUT2D eigenvalue weighted by molar-refractivity contribution is 5.75. The van der Waals surface area contributed by atoms with Gasteiger partial charge in [0, 0.05) is 19.5 Å². The van der Waals surface area contributed by atoms with Gasteiger partial charge in [-0.1, -0.05) is 24.3 Å². The monoisotopic (exact) mass is 290 g/mol. The number of hydrogen-bond acceptors (Lipinski definition) is 3. The number of benzene rings is 1. The smallest absolute Gasteiger partial charge is 0.372 e. The van der Waals surface area contributed by atoms with Crippen molar-refractivity contribution < 1.29 is 22.7 Å². The minimum Gasteiger partial charge on any atom is -0.372 e. The third kappa shape index (κ3) is 6.53. The van der Waals surface area contributed by atoms with E-state index >= 15 is 0 Å². The van der Waals surface area contributed by atoms with E-state index < -0.39 is 12.8 Å². The van der Waals surface area contributed by atoms with Gasteiger partial charge in [0.1, 0.15) is 6.61 Å². The summed E-state index contributed by atoms with van der Waals surface area (Å²) in [5, 5.41) is 2.62. The van der Waals surface area contributed by atoms with Gasteiger partial charge in [0.05, 0.1) is 6.61 Å². The van der Waals surface area contributed by atoms with Crippen LogP contribution in [0.5, 0.6) is 0 Å². The van der Waals surface area contributed by atoms with E-state index in [1.807, 2.05) is 24.3 Å². The molecule has 0 unspecified atom stereocenters. The van der Waals surface area contributed by atoms with Crippen molar-refractivity contribution in [3.63, 3.8) is 0 Å². The molecular weight excluding hydrogens is 273 g/mol. The van der Waals surface area contributed by atoms with Crippen LogP contribution < -0.4 is 11.1 Å². The lowest BCUT2D eigenvalue weighted by Gasteiger charge is -2.10. The maximum absolute atomic E-state index is 11.8. The van der Waals surface area contributed by atoms with Crippen molar-refractivity contribution in [2.45, 2.75) is 25.7 Å². The third-order valence-electron chi connectivity index (χ3n) is 2.55. The summed E-state index contributed by atoms with van der Waals surface area (Å²) in [6, 6.07) is 7.36. The molecule has 1 aromatic carbocycles. The van der Waals surface area contributed by atoms with Crippen LogP contribution >= 0.6 is 0 Å². The van der Waals surface area contributed by atoms with Crippen molar-refractivity contribution in [2.24, 2.45) is 5.73 Å². The molecule has 1 aromatic rings. The second-order valence-electron chi connectivity index (χ2n) is 4.17. The highest BCUT2D eigenvalue weighted by atomic mass is 19.4. The van der Waals surface area contributed by atoms with Crippen LogP contribution in [0.15, 0.2) is 24.3 Å². The van der Waals surface area contributed by atoms with Gasteiger partial charge >= 0.3 is 6.18 Å². The molecule has 4 nitrogen and oxygen atoms in total. The minimum absolute atomic E-state index is 0.110. The van der Waals surface area contributed by atoms with Crippen molar-refractivity contribution in [3.8, 4) is 0 Å². The summed E-state index contributed by atoms with van der Waals surface area (Å²) < 4.78 is 39.7. The summed E-state index contributed by atoms with van der Waals surface area (Å²) in [5.74, 6) is -0.362. The summed E-state index contributed by atoms with van der Waals surface area (Å²) in [4.78, 5) is 11.4. The maximum atomic E-state index is 11.8. The Bertz CT molecular complexity index is 436. The first-order valence-electron chi connectivity index (χ1n) is 6.10. The Kier molecular flexibility index (Phi) is 6.47. The molecule has 0 aromatic heterocycles. The van der Waals surface area contributed by atoms with E-state index in [1.54, 1.807) is 0 Å². The Labute approximate surface area is 115 Å². The van der Waals surface area contributed by atoms with Crippen molar-refractivity contribution in [3.05, 3.63) is 35.4 Å². The number of nitrogens with two attached hydrogens (primary N) is 1. The number of hydrogen-bond donors (Lipinski definition) is 2. The Morgan fingerprint density at radius 1 is 1.25 bits per heavy atom. The molecule has 0 aliphatic heterocycles. The topological polar surface area (TPSA) is 64.3 Å². The normalized spacial score (nSPS) is 11.4. The van der Waals surface area contributed by atoms with Crippen LogP contribution in [0.25, 0.3) is 0 Å². The Morgan fingerprint density at radius 3 is 2.50 bits per heavy atom. The zero-order valence-corrected chi connectivity index (χ0v) is 10.9. The number of carbonyl (C=O) groups is 1. The summed E-state index contributed by atoms with van der Waals surface area (Å²) in [6.45, 7) is -0.938. The van der Waals surface area contributed by atoms with Gasteiger partial charge in [-0.3, -0.25) is 4.79 Å². The van der Waals surface area contributed by atoms with Gasteiger partial charge in [-0.2, -0.15) is 13.2 Å². The Hall–Kier alpha value is -1.60. The van der Waals surface area contributed by atoms with Gasteiger partial charge in [-0.15, -0.1) is 0 Å². The Balaban J connectivity index is 2.26. The third-order valence-corrected chi connectivity index (χ3v) is 2.55. The SMILES string of the molecule is NCc1ccccc1CNC(=O)CCOCC(F)(F)F. The first kappa shape index (κ1) is 16.5.